The van der Waals surface area contributed by atoms with Crippen LogP contribution >= 0.6 is 11.8 Å². The number of thioether (sulfide) groups is 1. The van der Waals surface area contributed by atoms with Crippen LogP contribution in [0.25, 0.3) is 0 Å². The third-order valence-corrected chi connectivity index (χ3v) is 6.06. The number of nitrogens with two attached hydrogens (primary N) is 1. The van der Waals surface area contributed by atoms with Gasteiger partial charge in [0.05, 0.1) is 5.41 Å². The molecule has 3 nitrogen and oxygen atoms in total. The summed E-state index contributed by atoms with van der Waals surface area (Å²) in [7, 11) is 1.97. The summed E-state index contributed by atoms with van der Waals surface area (Å²) in [5.41, 5.74) is 5.55. The van der Waals surface area contributed by atoms with Crippen molar-refractivity contribution in [1.29, 1.82) is 0 Å². The van der Waals surface area contributed by atoms with Gasteiger partial charge in [0.2, 0.25) is 5.91 Å². The highest BCUT2D eigenvalue weighted by molar-refractivity contribution is 7.99. The van der Waals surface area contributed by atoms with Gasteiger partial charge in [-0.25, -0.2) is 0 Å². The van der Waals surface area contributed by atoms with Gasteiger partial charge in [-0.15, -0.1) is 0 Å². The van der Waals surface area contributed by atoms with Crippen LogP contribution < -0.4 is 5.73 Å². The second kappa shape index (κ2) is 7.53. The third kappa shape index (κ3) is 3.66. The van der Waals surface area contributed by atoms with Crippen molar-refractivity contribution in [3.05, 3.63) is 0 Å². The molecule has 2 atom stereocenters. The predicted molar refractivity (Wildman–Crippen MR) is 84.4 cm³/mol. The average molecular weight is 286 g/mol. The molecule has 0 aromatic rings. The molecular formula is C15H30N2OS. The average Bonchev–Trinajstić information content (AvgIpc) is 2.89. The van der Waals surface area contributed by atoms with Crippen LogP contribution in [0.1, 0.15) is 52.9 Å². The summed E-state index contributed by atoms with van der Waals surface area (Å²) in [4.78, 5) is 14.7. The zero-order valence-electron chi connectivity index (χ0n) is 12.9. The fraction of sp³-hybridized carbons (Fsp3) is 0.933. The van der Waals surface area contributed by atoms with E-state index in [-0.39, 0.29) is 11.3 Å². The number of rotatable bonds is 7. The molecule has 1 rings (SSSR count). The lowest BCUT2D eigenvalue weighted by Gasteiger charge is -2.36. The summed E-state index contributed by atoms with van der Waals surface area (Å²) >= 11 is 2.03. The molecular weight excluding hydrogens is 256 g/mol. The summed E-state index contributed by atoms with van der Waals surface area (Å²) < 4.78 is 0. The predicted octanol–water partition coefficient (Wildman–Crippen LogP) is 2.88. The van der Waals surface area contributed by atoms with Gasteiger partial charge in [0.25, 0.3) is 0 Å². The number of hydrogen-bond acceptors (Lipinski definition) is 3. The molecule has 1 amide bonds. The van der Waals surface area contributed by atoms with E-state index in [9.17, 15) is 4.79 Å². The number of hydrogen-bond donors (Lipinski definition) is 1. The molecule has 1 aliphatic rings. The highest BCUT2D eigenvalue weighted by Crippen LogP contribution is 2.35. The lowest BCUT2D eigenvalue weighted by molar-refractivity contribution is -0.142. The zero-order chi connectivity index (χ0) is 14.5. The zero-order valence-corrected chi connectivity index (χ0v) is 13.8. The van der Waals surface area contributed by atoms with E-state index in [4.69, 9.17) is 5.73 Å². The van der Waals surface area contributed by atoms with Gasteiger partial charge < -0.3 is 10.6 Å². The minimum absolute atomic E-state index is 0.257. The Hall–Kier alpha value is -0.220. The van der Waals surface area contributed by atoms with Gasteiger partial charge in [-0.05, 0) is 37.9 Å². The smallest absolute Gasteiger partial charge is 0.230 e. The van der Waals surface area contributed by atoms with Crippen molar-refractivity contribution >= 4 is 17.7 Å². The van der Waals surface area contributed by atoms with Crippen LogP contribution in [0.4, 0.5) is 0 Å². The number of amides is 1. The summed E-state index contributed by atoms with van der Waals surface area (Å²) in [5.74, 6) is 1.43. The monoisotopic (exact) mass is 286 g/mol. The largest absolute Gasteiger partial charge is 0.342 e. The van der Waals surface area contributed by atoms with Crippen LogP contribution in [0.15, 0.2) is 0 Å². The highest BCUT2D eigenvalue weighted by atomic mass is 32.2. The van der Waals surface area contributed by atoms with E-state index >= 15 is 0 Å². The van der Waals surface area contributed by atoms with E-state index in [1.54, 1.807) is 0 Å². The van der Waals surface area contributed by atoms with E-state index in [2.05, 4.69) is 20.8 Å². The summed E-state index contributed by atoms with van der Waals surface area (Å²) in [6.07, 6.45) is 5.21. The first-order valence-corrected chi connectivity index (χ1v) is 8.68. The fourth-order valence-electron chi connectivity index (χ4n) is 3.12. The number of carbonyl (C=O) groups excluding carboxylic acids is 1. The molecule has 0 bridgehead atoms. The lowest BCUT2D eigenvalue weighted by atomic mass is 9.80. The SMILES string of the molecule is CCSC1CCC(N(C)C(=O)C(CC)(CC)CN)C1. The molecule has 2 unspecified atom stereocenters. The van der Waals surface area contributed by atoms with Crippen molar-refractivity contribution in [2.75, 3.05) is 19.3 Å². The molecule has 19 heavy (non-hydrogen) atoms. The maximum Gasteiger partial charge on any atom is 0.230 e. The van der Waals surface area contributed by atoms with Gasteiger partial charge in [-0.2, -0.15) is 11.8 Å². The van der Waals surface area contributed by atoms with E-state index in [1.807, 2.05) is 23.7 Å². The van der Waals surface area contributed by atoms with Crippen LogP contribution in [0.3, 0.4) is 0 Å². The molecule has 112 valence electrons. The maximum atomic E-state index is 12.7. The van der Waals surface area contributed by atoms with E-state index < -0.39 is 0 Å². The number of nitrogens with zero attached hydrogens (tertiary/aromatic N) is 1. The maximum absolute atomic E-state index is 12.7. The van der Waals surface area contributed by atoms with E-state index in [0.29, 0.717) is 12.6 Å². The normalized spacial score (nSPS) is 23.6. The Bertz CT molecular complexity index is 284. The molecule has 0 aromatic carbocycles. The van der Waals surface area contributed by atoms with Crippen LogP contribution in [-0.4, -0.2) is 41.4 Å². The Morgan fingerprint density at radius 1 is 1.32 bits per heavy atom. The van der Waals surface area contributed by atoms with Gasteiger partial charge in [-0.3, -0.25) is 4.79 Å². The summed E-state index contributed by atoms with van der Waals surface area (Å²) in [5, 5.41) is 0.737. The van der Waals surface area contributed by atoms with Gasteiger partial charge in [0.1, 0.15) is 0 Å². The Labute approximate surface area is 122 Å². The van der Waals surface area contributed by atoms with Gasteiger partial charge in [0, 0.05) is 24.9 Å². The van der Waals surface area contributed by atoms with Gasteiger partial charge in [-0.1, -0.05) is 20.8 Å². The van der Waals surface area contributed by atoms with Crippen molar-refractivity contribution in [1.82, 2.24) is 4.90 Å². The van der Waals surface area contributed by atoms with Crippen LogP contribution in [0, 0.1) is 5.41 Å². The minimum Gasteiger partial charge on any atom is -0.342 e. The topological polar surface area (TPSA) is 46.3 Å². The van der Waals surface area contributed by atoms with Crippen LogP contribution in [0.5, 0.6) is 0 Å². The van der Waals surface area contributed by atoms with Crippen molar-refractivity contribution in [3.63, 3.8) is 0 Å². The van der Waals surface area contributed by atoms with Crippen molar-refractivity contribution in [3.8, 4) is 0 Å². The molecule has 1 saturated carbocycles. The molecule has 1 fully saturated rings. The fourth-order valence-corrected chi connectivity index (χ4v) is 4.26. The van der Waals surface area contributed by atoms with Gasteiger partial charge in [0.15, 0.2) is 0 Å². The molecule has 0 spiro atoms. The Morgan fingerprint density at radius 2 is 1.95 bits per heavy atom. The second-order valence-electron chi connectivity index (χ2n) is 5.65. The molecule has 0 radical (unpaired) electrons. The van der Waals surface area contributed by atoms with Crippen molar-refractivity contribution in [2.45, 2.75) is 64.2 Å². The van der Waals surface area contributed by atoms with E-state index in [1.165, 1.54) is 12.2 Å². The Morgan fingerprint density at radius 3 is 2.42 bits per heavy atom. The van der Waals surface area contributed by atoms with Crippen LogP contribution in [0.2, 0.25) is 0 Å². The first-order chi connectivity index (χ1) is 9.04. The highest BCUT2D eigenvalue weighted by Gasteiger charge is 2.39. The molecule has 0 heterocycles. The molecule has 0 aliphatic heterocycles. The first kappa shape index (κ1) is 16.8. The second-order valence-corrected chi connectivity index (χ2v) is 7.23. The number of carbonyl (C=O) groups is 1. The Balaban J connectivity index is 2.67. The molecule has 0 saturated heterocycles. The quantitative estimate of drug-likeness (QED) is 0.783. The molecule has 4 heteroatoms. The molecule has 1 aliphatic carbocycles. The first-order valence-electron chi connectivity index (χ1n) is 7.63. The van der Waals surface area contributed by atoms with E-state index in [0.717, 1.165) is 30.9 Å². The van der Waals surface area contributed by atoms with Crippen molar-refractivity contribution in [2.24, 2.45) is 11.1 Å². The van der Waals surface area contributed by atoms with Crippen LogP contribution in [-0.2, 0) is 4.79 Å². The summed E-state index contributed by atoms with van der Waals surface area (Å²) in [6, 6.07) is 0.417. The molecule has 2 N–H and O–H groups in total. The minimum atomic E-state index is -0.343. The van der Waals surface area contributed by atoms with Gasteiger partial charge >= 0.3 is 0 Å². The summed E-state index contributed by atoms with van der Waals surface area (Å²) in [6.45, 7) is 6.82. The lowest BCUT2D eigenvalue weighted by Crippen LogP contribution is -2.49. The van der Waals surface area contributed by atoms with Crippen molar-refractivity contribution < 1.29 is 4.79 Å². The Kier molecular flexibility index (Phi) is 6.67. The third-order valence-electron chi connectivity index (χ3n) is 4.83. The molecule has 0 aromatic heterocycles. The standard InChI is InChI=1S/C15H30N2OS/c1-5-15(6-2,11-16)14(18)17(4)12-8-9-13(10-12)19-7-3/h12-13H,5-11,16H2,1-4H3.